The minimum Gasteiger partial charge on any atom is -0.471 e. The second-order valence-corrected chi connectivity index (χ2v) is 18.7. The molecule has 0 saturated heterocycles. The van der Waals surface area contributed by atoms with Gasteiger partial charge in [0.25, 0.3) is 0 Å². The van der Waals surface area contributed by atoms with Crippen molar-refractivity contribution >= 4 is 26.7 Å². The molecule has 120 valence electrons. The molecular weight excluding hydrogens is 300 g/mol. The molecule has 0 unspecified atom stereocenters. The maximum Gasteiger partial charge on any atom is 0.123 e. The lowest BCUT2D eigenvalue weighted by molar-refractivity contribution is 0.550. The van der Waals surface area contributed by atoms with Gasteiger partial charge in [0, 0.05) is 6.42 Å². The Morgan fingerprint density at radius 2 is 1.32 bits per heavy atom. The number of furan rings is 1. The van der Waals surface area contributed by atoms with Crippen LogP contribution in [-0.2, 0) is 6.42 Å². The van der Waals surface area contributed by atoms with E-state index in [1.54, 1.807) is 0 Å². The molecule has 1 heterocycles. The largest absolute Gasteiger partial charge is 0.471 e. The van der Waals surface area contributed by atoms with Crippen molar-refractivity contribution in [2.24, 2.45) is 0 Å². The molecule has 0 aliphatic heterocycles. The summed E-state index contributed by atoms with van der Waals surface area (Å²) in [4.78, 5) is 0. The van der Waals surface area contributed by atoms with Gasteiger partial charge in [0.1, 0.15) is 13.8 Å². The highest BCUT2D eigenvalue weighted by Gasteiger charge is 2.29. The highest BCUT2D eigenvalue weighted by atomic mass is 28.3. The van der Waals surface area contributed by atoms with Crippen LogP contribution in [0.2, 0.25) is 39.3 Å². The van der Waals surface area contributed by atoms with Crippen molar-refractivity contribution in [2.45, 2.75) is 59.6 Å². The first-order valence-corrected chi connectivity index (χ1v) is 15.2. The molecular formula is C19H30OSi2. The lowest BCUT2D eigenvalue weighted by Gasteiger charge is -2.16. The summed E-state index contributed by atoms with van der Waals surface area (Å²) in [5.41, 5.74) is 4.04. The normalized spacial score (nSPS) is 12.7. The Bertz CT molecular complexity index is 649. The van der Waals surface area contributed by atoms with E-state index in [0.29, 0.717) is 0 Å². The molecule has 0 fully saturated rings. The summed E-state index contributed by atoms with van der Waals surface area (Å²) in [7, 11) is -2.79. The Labute approximate surface area is 137 Å². The minimum atomic E-state index is -1.41. The van der Waals surface area contributed by atoms with E-state index in [1.165, 1.54) is 33.0 Å². The third-order valence-corrected chi connectivity index (χ3v) is 7.77. The molecule has 0 bridgehead atoms. The first kappa shape index (κ1) is 17.3. The van der Waals surface area contributed by atoms with E-state index in [1.807, 2.05) is 0 Å². The Hall–Kier alpha value is -1.07. The van der Waals surface area contributed by atoms with Gasteiger partial charge in [-0.2, -0.15) is 0 Å². The van der Waals surface area contributed by atoms with Crippen LogP contribution in [0.5, 0.6) is 0 Å². The summed E-state index contributed by atoms with van der Waals surface area (Å²) in [6, 6.07) is 9.20. The van der Waals surface area contributed by atoms with Crippen molar-refractivity contribution in [3.8, 4) is 0 Å². The molecule has 2 aromatic rings. The van der Waals surface area contributed by atoms with Crippen LogP contribution in [0.25, 0.3) is 0 Å². The zero-order valence-electron chi connectivity index (χ0n) is 15.4. The van der Waals surface area contributed by atoms with Gasteiger partial charge in [0.05, 0.1) is 13.5 Å². The second kappa shape index (κ2) is 5.86. The molecule has 0 aliphatic rings. The summed E-state index contributed by atoms with van der Waals surface area (Å²) in [5, 5.41) is 2.76. The first-order valence-electron chi connectivity index (χ1n) is 8.17. The van der Waals surface area contributed by atoms with Crippen LogP contribution in [-0.4, -0.2) is 16.1 Å². The van der Waals surface area contributed by atoms with Gasteiger partial charge in [-0.05, 0) is 30.7 Å². The molecule has 0 atom stereocenters. The Kier molecular flexibility index (Phi) is 4.60. The number of hydrogen-bond acceptors (Lipinski definition) is 1. The van der Waals surface area contributed by atoms with E-state index in [9.17, 15) is 0 Å². The summed E-state index contributed by atoms with van der Waals surface area (Å²) in [6.07, 6.45) is 0.923. The van der Waals surface area contributed by atoms with Crippen molar-refractivity contribution in [2.75, 3.05) is 0 Å². The molecule has 1 nitrogen and oxygen atoms in total. The zero-order chi connectivity index (χ0) is 16.7. The maximum atomic E-state index is 6.39. The van der Waals surface area contributed by atoms with Gasteiger partial charge in [-0.25, -0.2) is 0 Å². The SMILES string of the molecule is Cc1cc(C)cc(Cc2oc([Si](C)(C)C)cc2[Si](C)(C)C)c1. The van der Waals surface area contributed by atoms with E-state index in [0.717, 1.165) is 6.42 Å². The van der Waals surface area contributed by atoms with Gasteiger partial charge in [-0.1, -0.05) is 68.6 Å². The molecule has 0 spiro atoms. The average Bonchev–Trinajstić information content (AvgIpc) is 2.70. The quantitative estimate of drug-likeness (QED) is 0.748. The van der Waals surface area contributed by atoms with Crippen molar-refractivity contribution in [1.82, 2.24) is 0 Å². The molecule has 3 heteroatoms. The van der Waals surface area contributed by atoms with E-state index in [-0.39, 0.29) is 0 Å². The topological polar surface area (TPSA) is 13.1 Å². The lowest BCUT2D eigenvalue weighted by atomic mass is 10.0. The van der Waals surface area contributed by atoms with Gasteiger partial charge in [0.2, 0.25) is 0 Å². The summed E-state index contributed by atoms with van der Waals surface area (Å²) in [5.74, 6) is 1.21. The van der Waals surface area contributed by atoms with Crippen molar-refractivity contribution < 1.29 is 4.42 Å². The van der Waals surface area contributed by atoms with Crippen LogP contribution < -0.4 is 10.6 Å². The van der Waals surface area contributed by atoms with E-state index in [4.69, 9.17) is 4.42 Å². The van der Waals surface area contributed by atoms with Crippen LogP contribution in [0.3, 0.4) is 0 Å². The number of benzene rings is 1. The molecule has 0 N–H and O–H groups in total. The van der Waals surface area contributed by atoms with Crippen LogP contribution in [0.15, 0.2) is 28.7 Å². The molecule has 0 saturated carbocycles. The maximum absolute atomic E-state index is 6.39. The molecule has 0 radical (unpaired) electrons. The Balaban J connectivity index is 2.47. The van der Waals surface area contributed by atoms with Gasteiger partial charge >= 0.3 is 0 Å². The van der Waals surface area contributed by atoms with Crippen molar-refractivity contribution in [3.63, 3.8) is 0 Å². The predicted octanol–water partition coefficient (Wildman–Crippen LogP) is 4.58. The van der Waals surface area contributed by atoms with Gasteiger partial charge < -0.3 is 4.42 Å². The fraction of sp³-hybridized carbons (Fsp3) is 0.474. The highest BCUT2D eigenvalue weighted by Crippen LogP contribution is 2.17. The molecule has 1 aromatic heterocycles. The van der Waals surface area contributed by atoms with Crippen molar-refractivity contribution in [1.29, 1.82) is 0 Å². The smallest absolute Gasteiger partial charge is 0.123 e. The summed E-state index contributed by atoms with van der Waals surface area (Å²) in [6.45, 7) is 18.7. The van der Waals surface area contributed by atoms with Gasteiger partial charge in [0.15, 0.2) is 0 Å². The molecule has 0 amide bonds. The lowest BCUT2D eigenvalue weighted by Crippen LogP contribution is -2.41. The monoisotopic (exact) mass is 330 g/mol. The van der Waals surface area contributed by atoms with Gasteiger partial charge in [-0.3, -0.25) is 0 Å². The predicted molar refractivity (Wildman–Crippen MR) is 103 cm³/mol. The van der Waals surface area contributed by atoms with Crippen LogP contribution >= 0.6 is 0 Å². The second-order valence-electron chi connectivity index (χ2n) is 8.62. The summed E-state index contributed by atoms with van der Waals surface area (Å²) < 4.78 is 6.39. The first-order chi connectivity index (χ1) is 9.96. The van der Waals surface area contributed by atoms with Gasteiger partial charge in [-0.15, -0.1) is 0 Å². The van der Waals surface area contributed by atoms with E-state index >= 15 is 0 Å². The van der Waals surface area contributed by atoms with Crippen molar-refractivity contribution in [3.05, 3.63) is 46.7 Å². The fourth-order valence-electron chi connectivity index (χ4n) is 2.92. The van der Waals surface area contributed by atoms with Crippen LogP contribution in [0.1, 0.15) is 22.5 Å². The molecule has 1 aromatic carbocycles. The Morgan fingerprint density at radius 1 is 0.773 bits per heavy atom. The number of hydrogen-bond donors (Lipinski definition) is 0. The fourth-order valence-corrected chi connectivity index (χ4v) is 5.61. The third kappa shape index (κ3) is 4.02. The number of aryl methyl sites for hydroxylation is 2. The van der Waals surface area contributed by atoms with Crippen LogP contribution in [0.4, 0.5) is 0 Å². The highest BCUT2D eigenvalue weighted by molar-refractivity contribution is 6.91. The zero-order valence-corrected chi connectivity index (χ0v) is 17.4. The molecule has 22 heavy (non-hydrogen) atoms. The Morgan fingerprint density at radius 3 is 1.77 bits per heavy atom. The molecule has 0 aliphatic carbocycles. The standard InChI is InChI=1S/C19H30OSi2/c1-14-9-15(2)11-16(10-14)12-17-18(21(3,4)5)13-19(20-17)22(6,7)8/h9-11,13H,12H2,1-8H3. The minimum absolute atomic E-state index is 0.923. The van der Waals surface area contributed by atoms with E-state index in [2.05, 4.69) is 77.4 Å². The third-order valence-electron chi connectivity index (χ3n) is 4.00. The number of rotatable bonds is 4. The molecule has 2 rings (SSSR count). The average molecular weight is 331 g/mol. The van der Waals surface area contributed by atoms with Crippen LogP contribution in [0, 0.1) is 13.8 Å². The summed E-state index contributed by atoms with van der Waals surface area (Å²) >= 11 is 0. The van der Waals surface area contributed by atoms with E-state index < -0.39 is 16.1 Å².